The van der Waals surface area contributed by atoms with Gasteiger partial charge in [0.1, 0.15) is 12.4 Å². The molecule has 2 aromatic rings. The molecular formula is C15H14N2O. The van der Waals surface area contributed by atoms with E-state index in [1.807, 2.05) is 6.07 Å². The third kappa shape index (κ3) is 1.62. The van der Waals surface area contributed by atoms with Crippen molar-refractivity contribution in [2.24, 2.45) is 5.92 Å². The molecular weight excluding hydrogens is 224 g/mol. The number of benzene rings is 1. The molecule has 1 saturated carbocycles. The number of carbonyl (C=O) groups excluding carboxylic acids is 1. The molecule has 0 spiro atoms. The minimum atomic E-state index is 0.145. The molecule has 90 valence electrons. The van der Waals surface area contributed by atoms with Crippen LogP contribution in [0.4, 0.5) is 0 Å². The summed E-state index contributed by atoms with van der Waals surface area (Å²) in [4.78, 5) is 14.2. The minimum absolute atomic E-state index is 0.145. The number of fused-ring (bicyclic) bond motifs is 1. The summed E-state index contributed by atoms with van der Waals surface area (Å²) in [5.74, 6) is 0.472. The highest BCUT2D eigenvalue weighted by Gasteiger charge is 2.28. The van der Waals surface area contributed by atoms with Gasteiger partial charge in [0.15, 0.2) is 0 Å². The molecule has 2 unspecified atom stereocenters. The monoisotopic (exact) mass is 238 g/mol. The van der Waals surface area contributed by atoms with Crippen molar-refractivity contribution in [1.29, 1.82) is 5.26 Å². The Bertz CT molecular complexity index is 635. The number of aromatic nitrogens is 1. The van der Waals surface area contributed by atoms with Crippen LogP contribution in [0, 0.1) is 17.2 Å². The fraction of sp³-hybridized carbons (Fsp3) is 0.333. The molecule has 0 aliphatic heterocycles. The molecule has 2 atom stereocenters. The third-order valence-corrected chi connectivity index (χ3v) is 4.00. The Balaban J connectivity index is 2.07. The van der Waals surface area contributed by atoms with Crippen LogP contribution in [0.3, 0.4) is 0 Å². The molecule has 3 rings (SSSR count). The largest absolute Gasteiger partial charge is 0.360 e. The van der Waals surface area contributed by atoms with Gasteiger partial charge in [-0.15, -0.1) is 0 Å². The number of aromatic amines is 1. The summed E-state index contributed by atoms with van der Waals surface area (Å²) in [5, 5.41) is 10.0. The second kappa shape index (κ2) is 4.30. The Morgan fingerprint density at radius 3 is 3.06 bits per heavy atom. The zero-order chi connectivity index (χ0) is 12.5. The zero-order valence-corrected chi connectivity index (χ0v) is 10.0. The van der Waals surface area contributed by atoms with Gasteiger partial charge in [-0.05, 0) is 36.5 Å². The molecule has 3 heteroatoms. The Hall–Kier alpha value is -2.08. The molecule has 0 bridgehead atoms. The van der Waals surface area contributed by atoms with Crippen LogP contribution < -0.4 is 0 Å². The molecule has 0 saturated heterocycles. The summed E-state index contributed by atoms with van der Waals surface area (Å²) >= 11 is 0. The van der Waals surface area contributed by atoms with Crippen molar-refractivity contribution in [2.75, 3.05) is 0 Å². The van der Waals surface area contributed by atoms with Gasteiger partial charge in [0, 0.05) is 23.0 Å². The van der Waals surface area contributed by atoms with Crippen LogP contribution in [0.5, 0.6) is 0 Å². The van der Waals surface area contributed by atoms with Gasteiger partial charge in [0.25, 0.3) is 0 Å². The average Bonchev–Trinajstić information content (AvgIpc) is 3.03. The van der Waals surface area contributed by atoms with Gasteiger partial charge in [0.05, 0.1) is 5.56 Å². The normalized spacial score (nSPS) is 23.1. The van der Waals surface area contributed by atoms with Crippen LogP contribution >= 0.6 is 0 Å². The number of carbonyl (C=O) groups is 1. The molecule has 0 amide bonds. The first-order chi connectivity index (χ1) is 8.83. The van der Waals surface area contributed by atoms with E-state index in [9.17, 15) is 4.79 Å². The van der Waals surface area contributed by atoms with E-state index >= 15 is 0 Å². The lowest BCUT2D eigenvalue weighted by atomic mass is 9.89. The van der Waals surface area contributed by atoms with Crippen LogP contribution in [-0.4, -0.2) is 11.3 Å². The summed E-state index contributed by atoms with van der Waals surface area (Å²) in [6, 6.07) is 8.34. The maximum atomic E-state index is 11.1. The fourth-order valence-electron chi connectivity index (χ4n) is 3.03. The Morgan fingerprint density at radius 2 is 2.28 bits per heavy atom. The maximum Gasteiger partial charge on any atom is 0.123 e. The van der Waals surface area contributed by atoms with Crippen LogP contribution in [0.1, 0.15) is 36.3 Å². The number of nitrogens with one attached hydrogen (secondary N) is 1. The van der Waals surface area contributed by atoms with E-state index in [2.05, 4.69) is 23.2 Å². The van der Waals surface area contributed by atoms with Crippen molar-refractivity contribution in [3.8, 4) is 6.07 Å². The van der Waals surface area contributed by atoms with Gasteiger partial charge in [-0.1, -0.05) is 12.5 Å². The lowest BCUT2D eigenvalue weighted by Crippen LogP contribution is -2.07. The van der Waals surface area contributed by atoms with Crippen molar-refractivity contribution in [2.45, 2.75) is 25.2 Å². The zero-order valence-electron chi connectivity index (χ0n) is 10.0. The number of nitrogens with zero attached hydrogens (tertiary/aromatic N) is 1. The van der Waals surface area contributed by atoms with Crippen molar-refractivity contribution in [3.63, 3.8) is 0 Å². The standard InChI is InChI=1S/C15H14N2O/c16-7-12-8-17-15-5-4-10(6-14(12)15)13-3-1-2-11(13)9-18/h4-6,8-9,11,13,17H,1-3H2. The van der Waals surface area contributed by atoms with E-state index < -0.39 is 0 Å². The molecule has 1 heterocycles. The molecule has 1 N–H and O–H groups in total. The molecule has 3 nitrogen and oxygen atoms in total. The average molecular weight is 238 g/mol. The number of aldehydes is 1. The minimum Gasteiger partial charge on any atom is -0.360 e. The van der Waals surface area contributed by atoms with Crippen LogP contribution in [0.15, 0.2) is 24.4 Å². The number of hydrogen-bond acceptors (Lipinski definition) is 2. The summed E-state index contributed by atoms with van der Waals surface area (Å²) in [5.41, 5.74) is 2.84. The number of nitriles is 1. The molecule has 1 fully saturated rings. The topological polar surface area (TPSA) is 56.6 Å². The first-order valence-electron chi connectivity index (χ1n) is 6.30. The maximum absolute atomic E-state index is 11.1. The quantitative estimate of drug-likeness (QED) is 0.817. The van der Waals surface area contributed by atoms with Crippen molar-refractivity contribution < 1.29 is 4.79 Å². The predicted molar refractivity (Wildman–Crippen MR) is 69.2 cm³/mol. The highest BCUT2D eigenvalue weighted by Crippen LogP contribution is 2.39. The summed E-state index contributed by atoms with van der Waals surface area (Å²) in [6.07, 6.45) is 6.00. The number of hydrogen-bond donors (Lipinski definition) is 1. The molecule has 18 heavy (non-hydrogen) atoms. The van der Waals surface area contributed by atoms with Gasteiger partial charge in [0.2, 0.25) is 0 Å². The van der Waals surface area contributed by atoms with E-state index in [1.165, 1.54) is 5.56 Å². The molecule has 1 aliphatic rings. The van der Waals surface area contributed by atoms with E-state index in [4.69, 9.17) is 5.26 Å². The number of H-pyrrole nitrogens is 1. The molecule has 0 radical (unpaired) electrons. The Kier molecular flexibility index (Phi) is 2.64. The Morgan fingerprint density at radius 1 is 1.39 bits per heavy atom. The second-order valence-corrected chi connectivity index (χ2v) is 4.96. The smallest absolute Gasteiger partial charge is 0.123 e. The van der Waals surface area contributed by atoms with E-state index in [0.717, 1.165) is 36.5 Å². The molecule has 1 aliphatic carbocycles. The Labute approximate surface area is 105 Å². The summed E-state index contributed by atoms with van der Waals surface area (Å²) in [7, 11) is 0. The van der Waals surface area contributed by atoms with E-state index in [0.29, 0.717) is 11.5 Å². The number of rotatable bonds is 2. The van der Waals surface area contributed by atoms with Gasteiger partial charge in [-0.2, -0.15) is 5.26 Å². The van der Waals surface area contributed by atoms with Gasteiger partial charge in [-0.3, -0.25) is 0 Å². The second-order valence-electron chi connectivity index (χ2n) is 4.96. The van der Waals surface area contributed by atoms with E-state index in [1.54, 1.807) is 6.20 Å². The highest BCUT2D eigenvalue weighted by molar-refractivity contribution is 5.86. The first-order valence-corrected chi connectivity index (χ1v) is 6.30. The first kappa shape index (κ1) is 11.0. The summed E-state index contributed by atoms with van der Waals surface area (Å²) in [6.45, 7) is 0. The van der Waals surface area contributed by atoms with E-state index in [-0.39, 0.29) is 5.92 Å². The van der Waals surface area contributed by atoms with Gasteiger partial charge >= 0.3 is 0 Å². The highest BCUT2D eigenvalue weighted by atomic mass is 16.1. The van der Waals surface area contributed by atoms with Crippen molar-refractivity contribution in [3.05, 3.63) is 35.5 Å². The van der Waals surface area contributed by atoms with Crippen LogP contribution in [-0.2, 0) is 4.79 Å². The third-order valence-electron chi connectivity index (χ3n) is 4.00. The molecule has 1 aromatic carbocycles. The predicted octanol–water partition coefficient (Wildman–Crippen LogP) is 3.12. The van der Waals surface area contributed by atoms with Crippen molar-refractivity contribution >= 4 is 17.2 Å². The van der Waals surface area contributed by atoms with Crippen LogP contribution in [0.25, 0.3) is 10.9 Å². The SMILES string of the molecule is N#Cc1c[nH]c2ccc(C3CCCC3C=O)cc12. The lowest BCUT2D eigenvalue weighted by molar-refractivity contribution is -0.111. The fourth-order valence-corrected chi connectivity index (χ4v) is 3.03. The van der Waals surface area contributed by atoms with Crippen molar-refractivity contribution in [1.82, 2.24) is 4.98 Å². The lowest BCUT2D eigenvalue weighted by Gasteiger charge is -2.14. The summed E-state index contributed by atoms with van der Waals surface area (Å²) < 4.78 is 0. The van der Waals surface area contributed by atoms with Gasteiger partial charge < -0.3 is 9.78 Å². The van der Waals surface area contributed by atoms with Crippen LogP contribution in [0.2, 0.25) is 0 Å². The van der Waals surface area contributed by atoms with Gasteiger partial charge in [-0.25, -0.2) is 0 Å². The molecule has 1 aromatic heterocycles.